The number of hydrogen-bond acceptors (Lipinski definition) is 6. The highest BCUT2D eigenvalue weighted by atomic mass is 79.9. The fourth-order valence-corrected chi connectivity index (χ4v) is 5.78. The highest BCUT2D eigenvalue weighted by molar-refractivity contribution is 9.10. The smallest absolute Gasteiger partial charge is 0.270 e. The van der Waals surface area contributed by atoms with Crippen molar-refractivity contribution in [2.75, 3.05) is 32.1 Å². The lowest BCUT2D eigenvalue weighted by Crippen LogP contribution is -2.25. The number of nitrogens with one attached hydrogen (secondary N) is 1. The normalized spacial score (nSPS) is 11.5. The number of benzene rings is 3. The number of nitro groups is 1. The van der Waals surface area contributed by atoms with Crippen LogP contribution in [0.25, 0.3) is 10.8 Å². The van der Waals surface area contributed by atoms with Crippen molar-refractivity contribution in [3.63, 3.8) is 0 Å². The third-order valence-electron chi connectivity index (χ3n) is 5.88. The van der Waals surface area contributed by atoms with E-state index in [-0.39, 0.29) is 5.69 Å². The quantitative estimate of drug-likeness (QED) is 0.137. The predicted octanol–water partition coefficient (Wildman–Crippen LogP) is 6.27. The molecular weight excluding hydrogens is 546 g/mol. The van der Waals surface area contributed by atoms with Gasteiger partial charge in [-0.25, -0.2) is 13.1 Å². The fraction of sp³-hybridized carbons (Fsp3) is 0.385. The summed E-state index contributed by atoms with van der Waals surface area (Å²) < 4.78 is 34.9. The molecule has 0 atom stereocenters. The van der Waals surface area contributed by atoms with Gasteiger partial charge in [0, 0.05) is 49.2 Å². The zero-order valence-corrected chi connectivity index (χ0v) is 23.0. The lowest BCUT2D eigenvalue weighted by Gasteiger charge is -2.17. The number of unbranched alkanes of at least 4 members (excludes halogenated alkanes) is 5. The molecule has 1 N–H and O–H groups in total. The number of fused-ring (bicyclic) bond motifs is 1. The third-order valence-corrected chi connectivity index (χ3v) is 8.02. The minimum absolute atomic E-state index is 0.0205. The van der Waals surface area contributed by atoms with Crippen molar-refractivity contribution < 1.29 is 18.1 Å². The van der Waals surface area contributed by atoms with Gasteiger partial charge >= 0.3 is 0 Å². The van der Waals surface area contributed by atoms with E-state index in [9.17, 15) is 18.5 Å². The molecule has 0 fully saturated rings. The minimum Gasteiger partial charge on any atom is -0.492 e. The number of non-ortho nitro benzene ring substituents is 1. The van der Waals surface area contributed by atoms with Crippen LogP contribution < -0.4 is 14.4 Å². The van der Waals surface area contributed by atoms with E-state index in [1.165, 1.54) is 12.1 Å². The van der Waals surface area contributed by atoms with Crippen LogP contribution in [0, 0.1) is 10.1 Å². The molecule has 0 radical (unpaired) electrons. The van der Waals surface area contributed by atoms with Crippen molar-refractivity contribution in [3.05, 3.63) is 69.2 Å². The first-order valence-electron chi connectivity index (χ1n) is 12.0. The van der Waals surface area contributed by atoms with Gasteiger partial charge in [0.2, 0.25) is 10.0 Å². The molecule has 8 nitrogen and oxygen atoms in total. The highest BCUT2D eigenvalue weighted by Crippen LogP contribution is 2.30. The van der Waals surface area contributed by atoms with Crippen LogP contribution in [-0.4, -0.2) is 40.6 Å². The highest BCUT2D eigenvalue weighted by Gasteiger charge is 2.18. The second kappa shape index (κ2) is 13.0. The number of rotatable bonds is 14. The van der Waals surface area contributed by atoms with Crippen molar-refractivity contribution >= 4 is 48.1 Å². The van der Waals surface area contributed by atoms with Crippen molar-refractivity contribution in [3.8, 4) is 5.75 Å². The van der Waals surface area contributed by atoms with Crippen LogP contribution in [-0.2, 0) is 10.0 Å². The van der Waals surface area contributed by atoms with Crippen LogP contribution in [0.1, 0.15) is 38.5 Å². The summed E-state index contributed by atoms with van der Waals surface area (Å²) in [7, 11) is 0.290. The predicted molar refractivity (Wildman–Crippen MR) is 147 cm³/mol. The van der Waals surface area contributed by atoms with Gasteiger partial charge in [-0.2, -0.15) is 0 Å². The van der Waals surface area contributed by atoms with E-state index in [1.807, 2.05) is 43.3 Å². The molecule has 10 heteroatoms. The first-order valence-corrected chi connectivity index (χ1v) is 14.2. The molecular formula is C26H32BrN3O5S. The van der Waals surface area contributed by atoms with Gasteiger partial charge in [-0.15, -0.1) is 0 Å². The van der Waals surface area contributed by atoms with Gasteiger partial charge in [0.25, 0.3) is 5.69 Å². The maximum Gasteiger partial charge on any atom is 0.270 e. The van der Waals surface area contributed by atoms with Gasteiger partial charge in [-0.05, 0) is 47.0 Å². The minimum atomic E-state index is -3.60. The number of nitrogens with zero attached hydrogens (tertiary/aromatic N) is 2. The Labute approximate surface area is 221 Å². The maximum absolute atomic E-state index is 13.0. The SMILES string of the molecule is CN(C)c1cccc2c(S(=O)(=O)NCCCCCCCCOc3ccc([N+](=O)[O-])cc3Br)cccc12. The molecule has 0 amide bonds. The molecule has 0 saturated heterocycles. The lowest BCUT2D eigenvalue weighted by molar-refractivity contribution is -0.385. The molecule has 0 spiro atoms. The number of hydrogen-bond donors (Lipinski definition) is 1. The van der Waals surface area contributed by atoms with Crippen molar-refractivity contribution in [1.29, 1.82) is 0 Å². The van der Waals surface area contributed by atoms with E-state index in [2.05, 4.69) is 20.7 Å². The average Bonchev–Trinajstić information content (AvgIpc) is 2.84. The maximum atomic E-state index is 13.0. The molecule has 0 aliphatic rings. The Morgan fingerprint density at radius 3 is 2.31 bits per heavy atom. The molecule has 0 saturated carbocycles. The first-order chi connectivity index (χ1) is 17.2. The summed E-state index contributed by atoms with van der Waals surface area (Å²) in [6.07, 6.45) is 5.65. The monoisotopic (exact) mass is 577 g/mol. The zero-order chi connectivity index (χ0) is 26.1. The van der Waals surface area contributed by atoms with Crippen LogP contribution in [0.3, 0.4) is 0 Å². The van der Waals surface area contributed by atoms with E-state index in [0.717, 1.165) is 55.0 Å². The zero-order valence-electron chi connectivity index (χ0n) is 20.6. The second-order valence-corrected chi connectivity index (χ2v) is 11.4. The number of halogens is 1. The largest absolute Gasteiger partial charge is 0.492 e. The van der Waals surface area contributed by atoms with Gasteiger partial charge in [0.1, 0.15) is 5.75 Å². The average molecular weight is 579 g/mol. The summed E-state index contributed by atoms with van der Waals surface area (Å²) in [6, 6.07) is 15.6. The molecule has 3 aromatic rings. The summed E-state index contributed by atoms with van der Waals surface area (Å²) in [5, 5.41) is 12.4. The molecule has 0 aromatic heterocycles. The van der Waals surface area contributed by atoms with Crippen molar-refractivity contribution in [2.45, 2.75) is 43.4 Å². The molecule has 0 aliphatic carbocycles. The summed E-state index contributed by atoms with van der Waals surface area (Å²) in [6.45, 7) is 0.945. The summed E-state index contributed by atoms with van der Waals surface area (Å²) in [5.41, 5.74) is 1.00. The van der Waals surface area contributed by atoms with Gasteiger partial charge in [-0.3, -0.25) is 10.1 Å². The van der Waals surface area contributed by atoms with E-state index >= 15 is 0 Å². The third kappa shape index (κ3) is 7.41. The van der Waals surface area contributed by atoms with Crippen molar-refractivity contribution in [1.82, 2.24) is 4.72 Å². The van der Waals surface area contributed by atoms with Crippen molar-refractivity contribution in [2.24, 2.45) is 0 Å². The van der Waals surface area contributed by atoms with Gasteiger partial charge in [0.15, 0.2) is 0 Å². The molecule has 194 valence electrons. The van der Waals surface area contributed by atoms with Crippen LogP contribution >= 0.6 is 15.9 Å². The molecule has 0 unspecified atom stereocenters. The standard InChI is InChI=1S/C26H32BrN3O5S/c1-29(2)24-13-9-12-22-21(24)11-10-14-26(22)36(33,34)28-17-7-5-3-4-6-8-18-35-25-16-15-20(30(31)32)19-23(25)27/h9-16,19,28H,3-8,17-18H2,1-2H3. The molecule has 3 aromatic carbocycles. The Morgan fingerprint density at radius 2 is 1.61 bits per heavy atom. The molecule has 3 rings (SSSR count). The summed E-state index contributed by atoms with van der Waals surface area (Å²) in [4.78, 5) is 12.6. The van der Waals surface area contributed by atoms with E-state index in [4.69, 9.17) is 4.74 Å². The molecule has 0 heterocycles. The fourth-order valence-electron chi connectivity index (χ4n) is 4.01. The Morgan fingerprint density at radius 1 is 0.944 bits per heavy atom. The Balaban J connectivity index is 1.36. The molecule has 0 aliphatic heterocycles. The number of nitro benzene ring substituents is 1. The Kier molecular flexibility index (Phi) is 10.1. The Bertz CT molecular complexity index is 1300. The first kappa shape index (κ1) is 27.9. The van der Waals surface area contributed by atoms with Crippen LogP contribution in [0.4, 0.5) is 11.4 Å². The van der Waals surface area contributed by atoms with E-state index < -0.39 is 14.9 Å². The van der Waals surface area contributed by atoms with E-state index in [0.29, 0.717) is 28.3 Å². The Hall–Kier alpha value is -2.69. The van der Waals surface area contributed by atoms with Crippen LogP contribution in [0.5, 0.6) is 5.75 Å². The van der Waals surface area contributed by atoms with Gasteiger partial charge < -0.3 is 9.64 Å². The number of anilines is 1. The lowest BCUT2D eigenvalue weighted by atomic mass is 10.1. The topological polar surface area (TPSA) is 102 Å². The number of ether oxygens (including phenoxy) is 1. The number of sulfonamides is 1. The second-order valence-electron chi connectivity index (χ2n) is 8.76. The summed E-state index contributed by atoms with van der Waals surface area (Å²) in [5.74, 6) is 0.594. The van der Waals surface area contributed by atoms with Crippen LogP contribution in [0.15, 0.2) is 64.0 Å². The molecule has 36 heavy (non-hydrogen) atoms. The van der Waals surface area contributed by atoms with E-state index in [1.54, 1.807) is 18.2 Å². The van der Waals surface area contributed by atoms with Gasteiger partial charge in [-0.1, -0.05) is 49.9 Å². The summed E-state index contributed by atoms with van der Waals surface area (Å²) >= 11 is 3.30. The van der Waals surface area contributed by atoms with Gasteiger partial charge in [0.05, 0.1) is 20.9 Å². The molecule has 0 bridgehead atoms. The van der Waals surface area contributed by atoms with Crippen LogP contribution in [0.2, 0.25) is 0 Å².